The topological polar surface area (TPSA) is 75.7 Å². The molecule has 0 aliphatic carbocycles. The molecule has 1 rings (SSSR count). The van der Waals surface area contributed by atoms with Crippen molar-refractivity contribution in [3.8, 4) is 11.5 Å². The molecule has 5 heteroatoms. The van der Waals surface area contributed by atoms with E-state index in [-0.39, 0.29) is 24.1 Å². The summed E-state index contributed by atoms with van der Waals surface area (Å²) in [5, 5.41) is 19.6. The highest BCUT2D eigenvalue weighted by Crippen LogP contribution is 2.30. The highest BCUT2D eigenvalue weighted by molar-refractivity contribution is 5.85. The van der Waals surface area contributed by atoms with Gasteiger partial charge in [-0.05, 0) is 18.1 Å². The van der Waals surface area contributed by atoms with Crippen LogP contribution in [-0.2, 0) is 0 Å². The van der Waals surface area contributed by atoms with Gasteiger partial charge in [0, 0.05) is 11.6 Å². The Morgan fingerprint density at radius 1 is 1.29 bits per heavy atom. The molecule has 1 aromatic rings. The molecule has 0 unspecified atom stereocenters. The van der Waals surface area contributed by atoms with Crippen molar-refractivity contribution < 1.29 is 14.9 Å². The zero-order valence-corrected chi connectivity index (χ0v) is 11.1. The van der Waals surface area contributed by atoms with Crippen molar-refractivity contribution in [1.29, 1.82) is 0 Å². The van der Waals surface area contributed by atoms with Crippen LogP contribution in [-0.4, -0.2) is 23.4 Å². The second-order valence-electron chi connectivity index (χ2n) is 4.19. The molecule has 0 aliphatic rings. The number of halogens is 1. The van der Waals surface area contributed by atoms with Gasteiger partial charge < -0.3 is 20.7 Å². The number of phenolic OH excluding ortho intramolecular Hbond substituents is 1. The van der Waals surface area contributed by atoms with E-state index in [1.165, 1.54) is 13.2 Å². The monoisotopic (exact) mass is 261 g/mol. The second-order valence-corrected chi connectivity index (χ2v) is 4.19. The van der Waals surface area contributed by atoms with Gasteiger partial charge in [0.2, 0.25) is 0 Å². The predicted molar refractivity (Wildman–Crippen MR) is 69.7 cm³/mol. The number of benzene rings is 1. The van der Waals surface area contributed by atoms with Crippen LogP contribution in [0.3, 0.4) is 0 Å². The van der Waals surface area contributed by atoms with Gasteiger partial charge in [-0.2, -0.15) is 0 Å². The highest BCUT2D eigenvalue weighted by Gasteiger charge is 2.22. The average Bonchev–Trinajstić information content (AvgIpc) is 2.26. The number of nitrogens with two attached hydrogens (primary N) is 1. The van der Waals surface area contributed by atoms with Gasteiger partial charge in [0.1, 0.15) is 11.5 Å². The fraction of sp³-hybridized carbons (Fsp3) is 0.500. The molecule has 4 nitrogen and oxygen atoms in total. The van der Waals surface area contributed by atoms with Crippen molar-refractivity contribution in [3.63, 3.8) is 0 Å². The van der Waals surface area contributed by atoms with Crippen molar-refractivity contribution in [2.45, 2.75) is 26.0 Å². The first kappa shape index (κ1) is 16.0. The van der Waals surface area contributed by atoms with Gasteiger partial charge in [0.25, 0.3) is 0 Å². The largest absolute Gasteiger partial charge is 0.507 e. The fourth-order valence-electron chi connectivity index (χ4n) is 1.53. The smallest absolute Gasteiger partial charge is 0.124 e. The molecule has 0 aromatic heterocycles. The van der Waals surface area contributed by atoms with Crippen LogP contribution in [0.2, 0.25) is 0 Å². The van der Waals surface area contributed by atoms with Gasteiger partial charge >= 0.3 is 0 Å². The first-order chi connectivity index (χ1) is 7.47. The molecule has 0 radical (unpaired) electrons. The molecule has 0 saturated heterocycles. The van der Waals surface area contributed by atoms with E-state index in [4.69, 9.17) is 10.5 Å². The molecule has 0 spiro atoms. The number of aromatic hydroxyl groups is 1. The van der Waals surface area contributed by atoms with Crippen molar-refractivity contribution >= 4 is 12.4 Å². The third-order valence-electron chi connectivity index (χ3n) is 2.65. The Bertz CT molecular complexity index is 358. The summed E-state index contributed by atoms with van der Waals surface area (Å²) in [6.07, 6.45) is -0.681. The molecule has 17 heavy (non-hydrogen) atoms. The van der Waals surface area contributed by atoms with Gasteiger partial charge in [0.05, 0.1) is 19.3 Å². The Morgan fingerprint density at radius 2 is 1.88 bits per heavy atom. The maximum atomic E-state index is 9.83. The Labute approximate surface area is 108 Å². The first-order valence-corrected chi connectivity index (χ1v) is 5.28. The van der Waals surface area contributed by atoms with Crippen LogP contribution in [0.15, 0.2) is 18.2 Å². The minimum atomic E-state index is -0.681. The maximum Gasteiger partial charge on any atom is 0.124 e. The summed E-state index contributed by atoms with van der Waals surface area (Å²) < 4.78 is 4.97. The highest BCUT2D eigenvalue weighted by atomic mass is 35.5. The van der Waals surface area contributed by atoms with Crippen LogP contribution >= 0.6 is 12.4 Å². The predicted octanol–water partition coefficient (Wildman–Crippen LogP) is 1.84. The second kappa shape index (κ2) is 6.69. The maximum absolute atomic E-state index is 9.83. The standard InChI is InChI=1S/C12H19NO3.ClH/c1-7(2)12(15)11(13)9-5-4-8(16-3)6-10(9)14;/h4-7,11-12,14-15H,13H2,1-3H3;1H/t11-,12+;/m1./s1. The third-order valence-corrected chi connectivity index (χ3v) is 2.65. The molecule has 0 bridgehead atoms. The van der Waals surface area contributed by atoms with Crippen LogP contribution < -0.4 is 10.5 Å². The molecule has 2 atom stereocenters. The number of aliphatic hydroxyl groups excluding tert-OH is 1. The molecule has 0 saturated carbocycles. The Morgan fingerprint density at radius 3 is 2.29 bits per heavy atom. The van der Waals surface area contributed by atoms with Gasteiger partial charge in [-0.3, -0.25) is 0 Å². The SMILES string of the molecule is COc1ccc([C@@H](N)[C@@H](O)C(C)C)c(O)c1.Cl. The van der Waals surface area contributed by atoms with E-state index in [1.54, 1.807) is 12.1 Å². The van der Waals surface area contributed by atoms with Gasteiger partial charge in [-0.15, -0.1) is 12.4 Å². The molecular formula is C12H20ClNO3. The summed E-state index contributed by atoms with van der Waals surface area (Å²) in [4.78, 5) is 0. The van der Waals surface area contributed by atoms with E-state index >= 15 is 0 Å². The summed E-state index contributed by atoms with van der Waals surface area (Å²) in [7, 11) is 1.53. The lowest BCUT2D eigenvalue weighted by Gasteiger charge is -2.23. The van der Waals surface area contributed by atoms with E-state index < -0.39 is 12.1 Å². The zero-order valence-electron chi connectivity index (χ0n) is 10.3. The molecule has 4 N–H and O–H groups in total. The number of rotatable bonds is 4. The van der Waals surface area contributed by atoms with Crippen LogP contribution in [0.4, 0.5) is 0 Å². The Hall–Kier alpha value is -0.970. The lowest BCUT2D eigenvalue weighted by Crippen LogP contribution is -2.30. The quantitative estimate of drug-likeness (QED) is 0.773. The van der Waals surface area contributed by atoms with E-state index in [1.807, 2.05) is 13.8 Å². The van der Waals surface area contributed by atoms with Gasteiger partial charge in [-0.25, -0.2) is 0 Å². The van der Waals surface area contributed by atoms with E-state index in [0.717, 1.165) is 0 Å². The fourth-order valence-corrected chi connectivity index (χ4v) is 1.53. The summed E-state index contributed by atoms with van der Waals surface area (Å²) >= 11 is 0. The zero-order chi connectivity index (χ0) is 12.3. The molecule has 0 heterocycles. The Balaban J connectivity index is 0.00000256. The van der Waals surface area contributed by atoms with Gasteiger partial charge in [-0.1, -0.05) is 13.8 Å². The normalized spacial score (nSPS) is 14.0. The molecule has 0 amide bonds. The first-order valence-electron chi connectivity index (χ1n) is 5.28. The van der Waals surface area contributed by atoms with Crippen LogP contribution in [0.25, 0.3) is 0 Å². The lowest BCUT2D eigenvalue weighted by molar-refractivity contribution is 0.0969. The number of methoxy groups -OCH3 is 1. The van der Waals surface area contributed by atoms with Crippen LogP contribution in [0.5, 0.6) is 11.5 Å². The third kappa shape index (κ3) is 3.77. The Kier molecular flexibility index (Phi) is 6.31. The van der Waals surface area contributed by atoms with E-state index in [9.17, 15) is 10.2 Å². The van der Waals surface area contributed by atoms with Crippen molar-refractivity contribution in [1.82, 2.24) is 0 Å². The van der Waals surface area contributed by atoms with Crippen molar-refractivity contribution in [2.75, 3.05) is 7.11 Å². The summed E-state index contributed by atoms with van der Waals surface area (Å²) in [6.45, 7) is 3.76. The number of hydrogen-bond acceptors (Lipinski definition) is 4. The molecular weight excluding hydrogens is 242 g/mol. The number of ether oxygens (including phenoxy) is 1. The molecule has 0 aliphatic heterocycles. The van der Waals surface area contributed by atoms with Crippen molar-refractivity contribution in [2.24, 2.45) is 11.7 Å². The minimum absolute atomic E-state index is 0. The average molecular weight is 262 g/mol. The van der Waals surface area contributed by atoms with Crippen LogP contribution in [0.1, 0.15) is 25.5 Å². The molecule has 0 fully saturated rings. The molecule has 98 valence electrons. The van der Waals surface area contributed by atoms with E-state index in [0.29, 0.717) is 11.3 Å². The van der Waals surface area contributed by atoms with Gasteiger partial charge in [0.15, 0.2) is 0 Å². The summed E-state index contributed by atoms with van der Waals surface area (Å²) in [5.74, 6) is 0.649. The molecule has 1 aromatic carbocycles. The van der Waals surface area contributed by atoms with Crippen LogP contribution in [0, 0.1) is 5.92 Å². The van der Waals surface area contributed by atoms with E-state index in [2.05, 4.69) is 0 Å². The van der Waals surface area contributed by atoms with Crippen molar-refractivity contribution in [3.05, 3.63) is 23.8 Å². The minimum Gasteiger partial charge on any atom is -0.507 e. The summed E-state index contributed by atoms with van der Waals surface area (Å²) in [6, 6.07) is 4.28. The number of phenols is 1. The number of hydrogen-bond donors (Lipinski definition) is 3. The number of aliphatic hydroxyl groups is 1. The summed E-state index contributed by atoms with van der Waals surface area (Å²) in [5.41, 5.74) is 6.41. The lowest BCUT2D eigenvalue weighted by atomic mass is 9.94.